The number of H-pyrrole nitrogens is 1. The van der Waals surface area contributed by atoms with E-state index in [1.54, 1.807) is 11.3 Å². The SMILES string of the molecule is N#Cc1ccccc1CN1CCc2nc(-c3cccs3)[nH]c(=O)c2C1. The zero-order valence-corrected chi connectivity index (χ0v) is 14.3. The second kappa shape index (κ2) is 6.63. The molecule has 124 valence electrons. The van der Waals surface area contributed by atoms with Crippen LogP contribution in [-0.4, -0.2) is 21.4 Å². The first-order chi connectivity index (χ1) is 12.2. The Balaban J connectivity index is 1.60. The maximum atomic E-state index is 12.5. The Hall–Kier alpha value is -2.75. The van der Waals surface area contributed by atoms with Crippen molar-refractivity contribution >= 4 is 11.3 Å². The summed E-state index contributed by atoms with van der Waals surface area (Å²) in [4.78, 5) is 23.3. The van der Waals surface area contributed by atoms with Crippen molar-refractivity contribution in [1.82, 2.24) is 14.9 Å². The lowest BCUT2D eigenvalue weighted by molar-refractivity contribution is 0.241. The summed E-state index contributed by atoms with van der Waals surface area (Å²) in [5.41, 5.74) is 3.24. The number of hydrogen-bond acceptors (Lipinski definition) is 5. The molecular formula is C19H16N4OS. The summed E-state index contributed by atoms with van der Waals surface area (Å²) < 4.78 is 0. The molecule has 0 saturated carbocycles. The first kappa shape index (κ1) is 15.8. The van der Waals surface area contributed by atoms with Gasteiger partial charge in [0.15, 0.2) is 5.82 Å². The highest BCUT2D eigenvalue weighted by molar-refractivity contribution is 7.13. The highest BCUT2D eigenvalue weighted by atomic mass is 32.1. The van der Waals surface area contributed by atoms with Crippen LogP contribution in [-0.2, 0) is 19.5 Å². The van der Waals surface area contributed by atoms with Gasteiger partial charge in [0.1, 0.15) is 0 Å². The Labute approximate surface area is 149 Å². The van der Waals surface area contributed by atoms with E-state index in [1.807, 2.05) is 41.8 Å². The van der Waals surface area contributed by atoms with E-state index >= 15 is 0 Å². The van der Waals surface area contributed by atoms with Gasteiger partial charge in [0.25, 0.3) is 5.56 Å². The number of hydrogen-bond donors (Lipinski definition) is 1. The lowest BCUT2D eigenvalue weighted by Crippen LogP contribution is -2.35. The Morgan fingerprint density at radius 2 is 2.16 bits per heavy atom. The van der Waals surface area contributed by atoms with Crippen LogP contribution in [0.1, 0.15) is 22.4 Å². The van der Waals surface area contributed by atoms with E-state index in [0.29, 0.717) is 24.5 Å². The van der Waals surface area contributed by atoms with Crippen LogP contribution in [0.5, 0.6) is 0 Å². The minimum absolute atomic E-state index is 0.0633. The van der Waals surface area contributed by atoms with Gasteiger partial charge in [-0.25, -0.2) is 4.98 Å². The van der Waals surface area contributed by atoms with Crippen LogP contribution in [0, 0.1) is 11.3 Å². The second-order valence-electron chi connectivity index (χ2n) is 6.05. The maximum absolute atomic E-state index is 12.5. The number of fused-ring (bicyclic) bond motifs is 1. The van der Waals surface area contributed by atoms with Crippen molar-refractivity contribution in [3.8, 4) is 16.8 Å². The van der Waals surface area contributed by atoms with Gasteiger partial charge in [-0.2, -0.15) is 5.26 Å². The molecule has 0 saturated heterocycles. The zero-order valence-electron chi connectivity index (χ0n) is 13.5. The molecule has 25 heavy (non-hydrogen) atoms. The smallest absolute Gasteiger partial charge is 0.255 e. The first-order valence-corrected chi connectivity index (χ1v) is 8.99. The molecule has 0 aliphatic carbocycles. The number of thiophene rings is 1. The second-order valence-corrected chi connectivity index (χ2v) is 6.99. The third-order valence-corrected chi connectivity index (χ3v) is 5.31. The Morgan fingerprint density at radius 3 is 2.96 bits per heavy atom. The van der Waals surface area contributed by atoms with Crippen molar-refractivity contribution < 1.29 is 0 Å². The van der Waals surface area contributed by atoms with E-state index in [-0.39, 0.29) is 5.56 Å². The third kappa shape index (κ3) is 3.12. The lowest BCUT2D eigenvalue weighted by atomic mass is 10.0. The number of aromatic amines is 1. The number of nitrogens with one attached hydrogen (secondary N) is 1. The largest absolute Gasteiger partial charge is 0.306 e. The summed E-state index contributed by atoms with van der Waals surface area (Å²) >= 11 is 1.57. The Morgan fingerprint density at radius 1 is 1.28 bits per heavy atom. The summed E-state index contributed by atoms with van der Waals surface area (Å²) in [5, 5.41) is 11.2. The average Bonchev–Trinajstić information content (AvgIpc) is 3.17. The van der Waals surface area contributed by atoms with Crippen molar-refractivity contribution in [2.45, 2.75) is 19.5 Å². The molecule has 0 bridgehead atoms. The molecule has 0 spiro atoms. The van der Waals surface area contributed by atoms with Gasteiger partial charge in [0.05, 0.1) is 27.8 Å². The van der Waals surface area contributed by atoms with Gasteiger partial charge < -0.3 is 4.98 Å². The zero-order chi connectivity index (χ0) is 17.2. The van der Waals surface area contributed by atoms with E-state index in [9.17, 15) is 10.1 Å². The predicted molar refractivity (Wildman–Crippen MR) is 97.1 cm³/mol. The van der Waals surface area contributed by atoms with E-state index in [1.165, 1.54) is 0 Å². The van der Waals surface area contributed by atoms with Crippen LogP contribution >= 0.6 is 11.3 Å². The van der Waals surface area contributed by atoms with Crippen LogP contribution in [0.2, 0.25) is 0 Å². The molecule has 6 heteroatoms. The molecule has 1 aliphatic heterocycles. The first-order valence-electron chi connectivity index (χ1n) is 8.11. The van der Waals surface area contributed by atoms with Crippen LogP contribution in [0.3, 0.4) is 0 Å². The Kier molecular flexibility index (Phi) is 4.18. The van der Waals surface area contributed by atoms with Crippen LogP contribution in [0.15, 0.2) is 46.6 Å². The van der Waals surface area contributed by atoms with Crippen molar-refractivity contribution in [1.29, 1.82) is 5.26 Å². The minimum Gasteiger partial charge on any atom is -0.306 e. The summed E-state index contributed by atoms with van der Waals surface area (Å²) in [6.45, 7) is 2.05. The van der Waals surface area contributed by atoms with Crippen LogP contribution < -0.4 is 5.56 Å². The van der Waals surface area contributed by atoms with Crippen molar-refractivity contribution in [3.05, 3.63) is 74.5 Å². The van der Waals surface area contributed by atoms with Crippen molar-refractivity contribution in [3.63, 3.8) is 0 Å². The van der Waals surface area contributed by atoms with Gasteiger partial charge in [-0.05, 0) is 23.1 Å². The van der Waals surface area contributed by atoms with Crippen LogP contribution in [0.25, 0.3) is 10.7 Å². The standard InChI is InChI=1S/C19H16N4OS/c20-10-13-4-1-2-5-14(13)11-23-8-7-16-15(12-23)19(24)22-18(21-16)17-6-3-9-25-17/h1-6,9H,7-8,11-12H2,(H,21,22,24). The molecule has 0 fully saturated rings. The minimum atomic E-state index is -0.0633. The molecule has 0 amide bonds. The number of nitrogens with zero attached hydrogens (tertiary/aromatic N) is 3. The normalized spacial score (nSPS) is 14.0. The molecular weight excluding hydrogens is 332 g/mol. The fourth-order valence-corrected chi connectivity index (χ4v) is 3.82. The molecule has 5 nitrogen and oxygen atoms in total. The predicted octanol–water partition coefficient (Wildman–Crippen LogP) is 2.93. The monoisotopic (exact) mass is 348 g/mol. The van der Waals surface area contributed by atoms with E-state index in [0.717, 1.165) is 34.7 Å². The number of aromatic nitrogens is 2. The molecule has 0 atom stereocenters. The van der Waals surface area contributed by atoms with Crippen molar-refractivity contribution in [2.75, 3.05) is 6.54 Å². The quantitative estimate of drug-likeness (QED) is 0.790. The molecule has 3 aromatic rings. The van der Waals surface area contributed by atoms with Gasteiger partial charge in [-0.3, -0.25) is 9.69 Å². The molecule has 1 N–H and O–H groups in total. The summed E-state index contributed by atoms with van der Waals surface area (Å²) in [6.07, 6.45) is 0.742. The molecule has 2 aromatic heterocycles. The summed E-state index contributed by atoms with van der Waals surface area (Å²) in [5.74, 6) is 0.655. The molecule has 1 aliphatic rings. The van der Waals surface area contributed by atoms with Crippen molar-refractivity contribution in [2.24, 2.45) is 0 Å². The molecule has 4 rings (SSSR count). The van der Waals surface area contributed by atoms with Gasteiger partial charge in [-0.1, -0.05) is 24.3 Å². The molecule has 1 aromatic carbocycles. The molecule has 0 radical (unpaired) electrons. The van der Waals surface area contributed by atoms with Crippen LogP contribution in [0.4, 0.5) is 0 Å². The number of nitriles is 1. The fourth-order valence-electron chi connectivity index (χ4n) is 3.15. The number of benzene rings is 1. The van der Waals surface area contributed by atoms with Gasteiger partial charge in [-0.15, -0.1) is 11.3 Å². The highest BCUT2D eigenvalue weighted by Crippen LogP contribution is 2.23. The Bertz CT molecular complexity index is 1000. The molecule has 0 unspecified atom stereocenters. The summed E-state index contributed by atoms with van der Waals surface area (Å²) in [6, 6.07) is 13.8. The van der Waals surface area contributed by atoms with E-state index in [4.69, 9.17) is 0 Å². The number of rotatable bonds is 3. The maximum Gasteiger partial charge on any atom is 0.255 e. The average molecular weight is 348 g/mol. The topological polar surface area (TPSA) is 72.8 Å². The summed E-state index contributed by atoms with van der Waals surface area (Å²) in [7, 11) is 0. The fraction of sp³-hybridized carbons (Fsp3) is 0.211. The molecule has 3 heterocycles. The van der Waals surface area contributed by atoms with Gasteiger partial charge in [0.2, 0.25) is 0 Å². The highest BCUT2D eigenvalue weighted by Gasteiger charge is 2.22. The lowest BCUT2D eigenvalue weighted by Gasteiger charge is -2.28. The van der Waals surface area contributed by atoms with E-state index < -0.39 is 0 Å². The van der Waals surface area contributed by atoms with Gasteiger partial charge >= 0.3 is 0 Å². The third-order valence-electron chi connectivity index (χ3n) is 4.43. The van der Waals surface area contributed by atoms with Gasteiger partial charge in [0, 0.05) is 26.1 Å². The van der Waals surface area contributed by atoms with E-state index in [2.05, 4.69) is 20.9 Å².